The Morgan fingerprint density at radius 3 is 2.61 bits per heavy atom. The van der Waals surface area contributed by atoms with Gasteiger partial charge in [0.15, 0.2) is 11.9 Å². The van der Waals surface area contributed by atoms with Crippen LogP contribution in [0, 0.1) is 5.82 Å². The van der Waals surface area contributed by atoms with E-state index in [9.17, 15) is 14.0 Å². The fraction of sp³-hybridized carbons (Fsp3) is 0.250. The molecule has 120 valence electrons. The number of carboxylic acid groups (broad SMARTS) is 1. The Morgan fingerprint density at radius 1 is 1.17 bits per heavy atom. The van der Waals surface area contributed by atoms with Crippen molar-refractivity contribution in [2.45, 2.75) is 6.10 Å². The average molecular weight is 319 g/mol. The lowest BCUT2D eigenvalue weighted by Gasteiger charge is -2.30. The summed E-state index contributed by atoms with van der Waals surface area (Å²) in [6.45, 7) is 0.435. The van der Waals surface area contributed by atoms with E-state index in [0.29, 0.717) is 17.9 Å². The van der Waals surface area contributed by atoms with Crippen LogP contribution in [0.5, 0.6) is 0 Å². The van der Waals surface area contributed by atoms with E-state index in [0.717, 1.165) is 0 Å². The molecular weight excluding hydrogens is 305 g/mol. The van der Waals surface area contributed by atoms with Crippen LogP contribution in [0.1, 0.15) is 10.6 Å². The predicted molar refractivity (Wildman–Crippen MR) is 77.4 cm³/mol. The summed E-state index contributed by atoms with van der Waals surface area (Å²) in [6.07, 6.45) is -1.03. The number of ether oxygens (including phenoxy) is 1. The molecule has 3 rings (SSSR count). The van der Waals surface area contributed by atoms with Gasteiger partial charge in [-0.1, -0.05) is 0 Å². The van der Waals surface area contributed by atoms with Crippen molar-refractivity contribution in [3.8, 4) is 11.3 Å². The number of morpholine rings is 1. The standard InChI is InChI=1S/C16H14FNO5/c17-11-3-1-10(2-4-11)12-5-6-13(23-12)15(19)18-7-8-22-14(9-18)16(20)21/h1-6,14H,7-9H2,(H,20,21)/t14-/m1/s1. The molecule has 2 aromatic rings. The second-order valence-corrected chi connectivity index (χ2v) is 5.12. The highest BCUT2D eigenvalue weighted by molar-refractivity contribution is 5.92. The number of rotatable bonds is 3. The van der Waals surface area contributed by atoms with E-state index in [4.69, 9.17) is 14.3 Å². The first-order chi connectivity index (χ1) is 11.0. The highest BCUT2D eigenvalue weighted by Crippen LogP contribution is 2.23. The maximum atomic E-state index is 12.9. The van der Waals surface area contributed by atoms with Gasteiger partial charge in [0, 0.05) is 12.1 Å². The first-order valence-corrected chi connectivity index (χ1v) is 7.04. The van der Waals surface area contributed by atoms with Crippen molar-refractivity contribution in [1.82, 2.24) is 4.90 Å². The van der Waals surface area contributed by atoms with Gasteiger partial charge < -0.3 is 19.2 Å². The first kappa shape index (κ1) is 15.2. The van der Waals surface area contributed by atoms with Crippen LogP contribution in [0.15, 0.2) is 40.8 Å². The number of carbonyl (C=O) groups excluding carboxylic acids is 1. The van der Waals surface area contributed by atoms with E-state index in [2.05, 4.69) is 0 Å². The number of amides is 1. The normalized spacial score (nSPS) is 18.0. The topological polar surface area (TPSA) is 80.0 Å². The van der Waals surface area contributed by atoms with Gasteiger partial charge in [0.1, 0.15) is 11.6 Å². The van der Waals surface area contributed by atoms with Gasteiger partial charge in [0.25, 0.3) is 5.91 Å². The van der Waals surface area contributed by atoms with Gasteiger partial charge in [-0.15, -0.1) is 0 Å². The molecule has 23 heavy (non-hydrogen) atoms. The molecule has 1 aromatic heterocycles. The van der Waals surface area contributed by atoms with E-state index < -0.39 is 18.0 Å². The molecule has 6 nitrogen and oxygen atoms in total. The Morgan fingerprint density at radius 2 is 1.91 bits per heavy atom. The Bertz CT molecular complexity index is 724. The highest BCUT2D eigenvalue weighted by Gasteiger charge is 2.30. The van der Waals surface area contributed by atoms with Gasteiger partial charge in [0.2, 0.25) is 0 Å². The largest absolute Gasteiger partial charge is 0.479 e. The summed E-state index contributed by atoms with van der Waals surface area (Å²) >= 11 is 0. The summed E-state index contributed by atoms with van der Waals surface area (Å²) < 4.78 is 23.5. The lowest BCUT2D eigenvalue weighted by atomic mass is 10.2. The Kier molecular flexibility index (Phi) is 4.12. The molecule has 1 N–H and O–H groups in total. The van der Waals surface area contributed by atoms with E-state index in [-0.39, 0.29) is 24.7 Å². The third-order valence-electron chi connectivity index (χ3n) is 3.57. The van der Waals surface area contributed by atoms with Gasteiger partial charge in [-0.05, 0) is 36.4 Å². The van der Waals surface area contributed by atoms with Crippen LogP contribution in [0.2, 0.25) is 0 Å². The van der Waals surface area contributed by atoms with Crippen molar-refractivity contribution in [2.24, 2.45) is 0 Å². The molecule has 2 heterocycles. The number of aliphatic carboxylic acids is 1. The Hall–Kier alpha value is -2.67. The number of nitrogens with zero attached hydrogens (tertiary/aromatic N) is 1. The lowest BCUT2D eigenvalue weighted by Crippen LogP contribution is -2.48. The summed E-state index contributed by atoms with van der Waals surface area (Å²) in [5, 5.41) is 8.97. The molecule has 0 unspecified atom stereocenters. The maximum Gasteiger partial charge on any atom is 0.334 e. The predicted octanol–water partition coefficient (Wildman–Crippen LogP) is 2.01. The molecule has 0 spiro atoms. The third kappa shape index (κ3) is 3.24. The highest BCUT2D eigenvalue weighted by atomic mass is 19.1. The van der Waals surface area contributed by atoms with E-state index in [1.165, 1.54) is 23.1 Å². The molecule has 1 aliphatic heterocycles. The molecule has 0 saturated carbocycles. The smallest absolute Gasteiger partial charge is 0.334 e. The molecule has 0 bridgehead atoms. The molecule has 1 amide bonds. The van der Waals surface area contributed by atoms with Gasteiger partial charge >= 0.3 is 5.97 Å². The minimum atomic E-state index is -1.10. The third-order valence-corrected chi connectivity index (χ3v) is 3.57. The first-order valence-electron chi connectivity index (χ1n) is 7.04. The fourth-order valence-electron chi connectivity index (χ4n) is 2.36. The van der Waals surface area contributed by atoms with Crippen LogP contribution in [-0.2, 0) is 9.53 Å². The number of hydrogen-bond acceptors (Lipinski definition) is 4. The second kappa shape index (κ2) is 6.21. The summed E-state index contributed by atoms with van der Waals surface area (Å²) in [4.78, 5) is 24.7. The van der Waals surface area contributed by atoms with E-state index >= 15 is 0 Å². The van der Waals surface area contributed by atoms with E-state index in [1.54, 1.807) is 18.2 Å². The molecule has 7 heteroatoms. The van der Waals surface area contributed by atoms with Crippen molar-refractivity contribution in [1.29, 1.82) is 0 Å². The zero-order chi connectivity index (χ0) is 16.4. The lowest BCUT2D eigenvalue weighted by molar-refractivity contribution is -0.154. The molecule has 1 saturated heterocycles. The van der Waals surface area contributed by atoms with Crippen LogP contribution >= 0.6 is 0 Å². The maximum absolute atomic E-state index is 12.9. The zero-order valence-corrected chi connectivity index (χ0v) is 12.1. The molecule has 1 fully saturated rings. The number of hydrogen-bond donors (Lipinski definition) is 1. The van der Waals surface area contributed by atoms with Crippen LogP contribution < -0.4 is 0 Å². The van der Waals surface area contributed by atoms with E-state index in [1.807, 2.05) is 0 Å². The number of furan rings is 1. The number of carbonyl (C=O) groups is 2. The number of benzene rings is 1. The van der Waals surface area contributed by atoms with Crippen molar-refractivity contribution in [2.75, 3.05) is 19.7 Å². The van der Waals surface area contributed by atoms with Crippen LogP contribution in [0.25, 0.3) is 11.3 Å². The summed E-state index contributed by atoms with van der Waals surface area (Å²) in [5.74, 6) is -1.31. The summed E-state index contributed by atoms with van der Waals surface area (Å²) in [6, 6.07) is 8.86. The van der Waals surface area contributed by atoms with Gasteiger partial charge in [-0.2, -0.15) is 0 Å². The van der Waals surface area contributed by atoms with Crippen molar-refractivity contribution >= 4 is 11.9 Å². The molecule has 1 atom stereocenters. The summed E-state index contributed by atoms with van der Waals surface area (Å²) in [5.41, 5.74) is 0.649. The quantitative estimate of drug-likeness (QED) is 0.936. The Balaban J connectivity index is 1.75. The Labute approximate surface area is 131 Å². The molecule has 0 aliphatic carbocycles. The second-order valence-electron chi connectivity index (χ2n) is 5.12. The SMILES string of the molecule is O=C(O)[C@H]1CN(C(=O)c2ccc(-c3ccc(F)cc3)o2)CCO1. The average Bonchev–Trinajstić information content (AvgIpc) is 3.05. The zero-order valence-electron chi connectivity index (χ0n) is 12.1. The summed E-state index contributed by atoms with van der Waals surface area (Å²) in [7, 11) is 0. The van der Waals surface area contributed by atoms with Gasteiger partial charge in [-0.3, -0.25) is 4.79 Å². The van der Waals surface area contributed by atoms with Crippen molar-refractivity contribution in [3.63, 3.8) is 0 Å². The minimum Gasteiger partial charge on any atom is -0.479 e. The number of carboxylic acids is 1. The fourth-order valence-corrected chi connectivity index (χ4v) is 2.36. The molecular formula is C16H14FNO5. The van der Waals surface area contributed by atoms with Gasteiger partial charge in [0.05, 0.1) is 13.2 Å². The van der Waals surface area contributed by atoms with Crippen LogP contribution in [0.4, 0.5) is 4.39 Å². The monoisotopic (exact) mass is 319 g/mol. The van der Waals surface area contributed by atoms with Crippen molar-refractivity contribution in [3.05, 3.63) is 48.0 Å². The number of halogens is 1. The minimum absolute atomic E-state index is 0.0270. The van der Waals surface area contributed by atoms with Crippen molar-refractivity contribution < 1.29 is 28.2 Å². The molecule has 0 radical (unpaired) electrons. The van der Waals surface area contributed by atoms with Gasteiger partial charge in [-0.25, -0.2) is 9.18 Å². The van der Waals surface area contributed by atoms with Crippen LogP contribution in [0.3, 0.4) is 0 Å². The van der Waals surface area contributed by atoms with Crippen LogP contribution in [-0.4, -0.2) is 47.7 Å². The molecule has 1 aliphatic rings. The molecule has 1 aromatic carbocycles.